The highest BCUT2D eigenvalue weighted by atomic mass is 32.2. The van der Waals surface area contributed by atoms with E-state index >= 15 is 0 Å². The molecule has 0 fully saturated rings. The Morgan fingerprint density at radius 1 is 1.50 bits per heavy atom. The number of hydrogen-bond donors (Lipinski definition) is 2. The molecule has 0 spiro atoms. The van der Waals surface area contributed by atoms with Crippen LogP contribution in [0.4, 0.5) is 0 Å². The SMILES string of the molecule is COCCCC(N)C(=O)NC(C)CCSC. The number of methoxy groups -OCH3 is 1. The molecule has 0 aliphatic rings. The van der Waals surface area contributed by atoms with Crippen LogP contribution in [0.3, 0.4) is 0 Å². The van der Waals surface area contributed by atoms with E-state index in [4.69, 9.17) is 10.5 Å². The van der Waals surface area contributed by atoms with Gasteiger partial charge in [0.1, 0.15) is 0 Å². The molecular weight excluding hydrogens is 224 g/mol. The molecule has 2 atom stereocenters. The molecular formula is C11H24N2O2S. The molecule has 0 radical (unpaired) electrons. The Morgan fingerprint density at radius 3 is 2.75 bits per heavy atom. The summed E-state index contributed by atoms with van der Waals surface area (Å²) in [7, 11) is 1.65. The van der Waals surface area contributed by atoms with Gasteiger partial charge in [0.2, 0.25) is 5.91 Å². The second-order valence-electron chi connectivity index (χ2n) is 3.93. The van der Waals surface area contributed by atoms with E-state index in [1.807, 2.05) is 6.92 Å². The predicted molar refractivity (Wildman–Crippen MR) is 69.7 cm³/mol. The van der Waals surface area contributed by atoms with E-state index in [2.05, 4.69) is 11.6 Å². The highest BCUT2D eigenvalue weighted by molar-refractivity contribution is 7.98. The van der Waals surface area contributed by atoms with Crippen LogP contribution in [0.2, 0.25) is 0 Å². The second-order valence-corrected chi connectivity index (χ2v) is 4.92. The van der Waals surface area contributed by atoms with Gasteiger partial charge in [-0.2, -0.15) is 11.8 Å². The van der Waals surface area contributed by atoms with Crippen LogP contribution < -0.4 is 11.1 Å². The Kier molecular flexibility index (Phi) is 9.77. The number of nitrogens with two attached hydrogens (primary N) is 1. The van der Waals surface area contributed by atoms with Crippen LogP contribution in [-0.4, -0.2) is 43.7 Å². The Bertz CT molecular complexity index is 191. The highest BCUT2D eigenvalue weighted by Gasteiger charge is 2.14. The summed E-state index contributed by atoms with van der Waals surface area (Å²) in [5.74, 6) is 1.00. The third kappa shape index (κ3) is 7.96. The van der Waals surface area contributed by atoms with Crippen molar-refractivity contribution in [3.63, 3.8) is 0 Å². The number of nitrogens with one attached hydrogen (secondary N) is 1. The molecule has 0 aromatic rings. The third-order valence-electron chi connectivity index (χ3n) is 2.34. The first-order valence-electron chi connectivity index (χ1n) is 5.65. The standard InChI is InChI=1S/C11H24N2O2S/c1-9(6-8-16-3)13-11(14)10(12)5-4-7-15-2/h9-10H,4-8,12H2,1-3H3,(H,13,14). The molecule has 4 nitrogen and oxygen atoms in total. The summed E-state index contributed by atoms with van der Waals surface area (Å²) < 4.78 is 4.92. The molecule has 0 aromatic heterocycles. The monoisotopic (exact) mass is 248 g/mol. The zero-order valence-corrected chi connectivity index (χ0v) is 11.3. The molecule has 0 aromatic carbocycles. The lowest BCUT2D eigenvalue weighted by Gasteiger charge is -2.17. The number of thioether (sulfide) groups is 1. The van der Waals surface area contributed by atoms with Gasteiger partial charge in [-0.25, -0.2) is 0 Å². The van der Waals surface area contributed by atoms with Gasteiger partial charge in [-0.1, -0.05) is 0 Å². The third-order valence-corrected chi connectivity index (χ3v) is 2.99. The Morgan fingerprint density at radius 2 is 2.19 bits per heavy atom. The van der Waals surface area contributed by atoms with E-state index in [0.29, 0.717) is 13.0 Å². The number of amides is 1. The molecule has 16 heavy (non-hydrogen) atoms. The number of rotatable bonds is 9. The molecule has 1 amide bonds. The molecule has 0 aliphatic heterocycles. The number of carbonyl (C=O) groups is 1. The van der Waals surface area contributed by atoms with Crippen LogP contribution in [0.1, 0.15) is 26.2 Å². The topological polar surface area (TPSA) is 64.3 Å². The maximum Gasteiger partial charge on any atom is 0.237 e. The van der Waals surface area contributed by atoms with Gasteiger partial charge in [0.05, 0.1) is 6.04 Å². The smallest absolute Gasteiger partial charge is 0.237 e. The number of hydrogen-bond acceptors (Lipinski definition) is 4. The lowest BCUT2D eigenvalue weighted by Crippen LogP contribution is -2.44. The summed E-state index contributed by atoms with van der Waals surface area (Å²) in [6.45, 7) is 2.67. The fraction of sp³-hybridized carbons (Fsp3) is 0.909. The zero-order valence-electron chi connectivity index (χ0n) is 10.5. The summed E-state index contributed by atoms with van der Waals surface area (Å²) >= 11 is 1.78. The summed E-state index contributed by atoms with van der Waals surface area (Å²) in [6, 6.07) is -0.208. The van der Waals surface area contributed by atoms with E-state index in [1.165, 1.54) is 0 Å². The molecule has 0 saturated heterocycles. The minimum absolute atomic E-state index is 0.0512. The molecule has 2 unspecified atom stereocenters. The first-order valence-corrected chi connectivity index (χ1v) is 7.05. The highest BCUT2D eigenvalue weighted by Crippen LogP contribution is 2.01. The quantitative estimate of drug-likeness (QED) is 0.598. The average molecular weight is 248 g/mol. The summed E-state index contributed by atoms with van der Waals surface area (Å²) in [4.78, 5) is 11.6. The van der Waals surface area contributed by atoms with Gasteiger partial charge in [-0.15, -0.1) is 0 Å². The van der Waals surface area contributed by atoms with Crippen molar-refractivity contribution in [2.75, 3.05) is 25.7 Å². The molecule has 96 valence electrons. The maximum absolute atomic E-state index is 11.6. The van der Waals surface area contributed by atoms with Gasteiger partial charge in [-0.3, -0.25) is 4.79 Å². The van der Waals surface area contributed by atoms with Gasteiger partial charge < -0.3 is 15.8 Å². The minimum atomic E-state index is -0.410. The van der Waals surface area contributed by atoms with Gasteiger partial charge in [0, 0.05) is 19.8 Å². The van der Waals surface area contributed by atoms with Gasteiger partial charge in [0.15, 0.2) is 0 Å². The normalized spacial score (nSPS) is 14.5. The molecule has 5 heteroatoms. The fourth-order valence-electron chi connectivity index (χ4n) is 1.30. The van der Waals surface area contributed by atoms with Crippen LogP contribution >= 0.6 is 11.8 Å². The largest absolute Gasteiger partial charge is 0.385 e. The van der Waals surface area contributed by atoms with E-state index in [1.54, 1.807) is 18.9 Å². The number of ether oxygens (including phenoxy) is 1. The Hall–Kier alpha value is -0.260. The Labute approximate surface area is 103 Å². The first-order chi connectivity index (χ1) is 7.61. The summed E-state index contributed by atoms with van der Waals surface area (Å²) in [5, 5.41) is 2.92. The van der Waals surface area contributed by atoms with Crippen LogP contribution in [0.15, 0.2) is 0 Å². The van der Waals surface area contributed by atoms with Crippen molar-refractivity contribution in [3.05, 3.63) is 0 Å². The molecule has 0 heterocycles. The van der Waals surface area contributed by atoms with Crippen LogP contribution in [-0.2, 0) is 9.53 Å². The van der Waals surface area contributed by atoms with Crippen LogP contribution in [0.5, 0.6) is 0 Å². The lowest BCUT2D eigenvalue weighted by atomic mass is 10.1. The van der Waals surface area contributed by atoms with Gasteiger partial charge in [-0.05, 0) is 38.2 Å². The summed E-state index contributed by atoms with van der Waals surface area (Å²) in [5.41, 5.74) is 5.76. The van der Waals surface area contributed by atoms with Crippen molar-refractivity contribution >= 4 is 17.7 Å². The van der Waals surface area contributed by atoms with Crippen molar-refractivity contribution in [1.29, 1.82) is 0 Å². The molecule has 0 saturated carbocycles. The van der Waals surface area contributed by atoms with Crippen LogP contribution in [0, 0.1) is 0 Å². The Balaban J connectivity index is 3.68. The maximum atomic E-state index is 11.6. The zero-order chi connectivity index (χ0) is 12.4. The van der Waals surface area contributed by atoms with E-state index < -0.39 is 6.04 Å². The van der Waals surface area contributed by atoms with E-state index in [9.17, 15) is 4.79 Å². The molecule has 0 bridgehead atoms. The predicted octanol–water partition coefficient (Wildman–Crippen LogP) is 0.998. The molecule has 0 rings (SSSR count). The molecule has 0 aliphatic carbocycles. The van der Waals surface area contributed by atoms with Crippen LogP contribution in [0.25, 0.3) is 0 Å². The summed E-state index contributed by atoms with van der Waals surface area (Å²) in [6.07, 6.45) is 4.54. The van der Waals surface area contributed by atoms with Gasteiger partial charge >= 0.3 is 0 Å². The van der Waals surface area contributed by atoms with Crippen molar-refractivity contribution in [3.8, 4) is 0 Å². The average Bonchev–Trinajstić information content (AvgIpc) is 2.26. The lowest BCUT2D eigenvalue weighted by molar-refractivity contribution is -0.123. The van der Waals surface area contributed by atoms with E-state index in [0.717, 1.165) is 18.6 Å². The molecule has 3 N–H and O–H groups in total. The van der Waals surface area contributed by atoms with Crippen molar-refractivity contribution < 1.29 is 9.53 Å². The minimum Gasteiger partial charge on any atom is -0.385 e. The fourth-order valence-corrected chi connectivity index (χ4v) is 1.88. The van der Waals surface area contributed by atoms with Crippen molar-refractivity contribution in [1.82, 2.24) is 5.32 Å². The first kappa shape index (κ1) is 15.7. The van der Waals surface area contributed by atoms with Gasteiger partial charge in [0.25, 0.3) is 0 Å². The van der Waals surface area contributed by atoms with E-state index in [-0.39, 0.29) is 11.9 Å². The number of carbonyl (C=O) groups excluding carboxylic acids is 1. The van der Waals surface area contributed by atoms with Crippen molar-refractivity contribution in [2.24, 2.45) is 5.73 Å². The second kappa shape index (κ2) is 9.93. The van der Waals surface area contributed by atoms with Crippen molar-refractivity contribution in [2.45, 2.75) is 38.3 Å².